The van der Waals surface area contributed by atoms with Crippen molar-refractivity contribution in [2.24, 2.45) is 0 Å². The third-order valence-electron chi connectivity index (χ3n) is 5.70. The zero-order chi connectivity index (χ0) is 27.7. The topological polar surface area (TPSA) is 234 Å². The van der Waals surface area contributed by atoms with E-state index in [9.17, 15) is 45.0 Å². The van der Waals surface area contributed by atoms with Gasteiger partial charge in [0.05, 0.1) is 0 Å². The van der Waals surface area contributed by atoms with Gasteiger partial charge >= 0.3 is 11.9 Å². The Kier molecular flexibility index (Phi) is 7.41. The standard InChI is InChI=1S/C24H22O14/c25-10-3-1-9(2-4-10)12-5-11(26)18-13(36-12)6-14(19(30)21(18)32)37-24-23(34)22(33)20(31)15(38-24)8-35-17(29)7-16(27)28/h1-6,15,20,22-25,30-34H,7-8H2,(H,27,28)/t15?,20-,22+,23?,24-/m1/s1. The maximum absolute atomic E-state index is 12.7. The van der Waals surface area contributed by atoms with Crippen molar-refractivity contribution in [1.82, 2.24) is 0 Å². The fourth-order valence-electron chi connectivity index (χ4n) is 3.75. The maximum Gasteiger partial charge on any atom is 0.317 e. The number of esters is 1. The fraction of sp³-hybridized carbons (Fsp3) is 0.292. The Labute approximate surface area is 212 Å². The molecule has 0 bridgehead atoms. The Morgan fingerprint density at radius 3 is 2.26 bits per heavy atom. The summed E-state index contributed by atoms with van der Waals surface area (Å²) in [5.41, 5.74) is -0.555. The third-order valence-corrected chi connectivity index (χ3v) is 5.70. The van der Waals surface area contributed by atoms with Crippen molar-refractivity contribution in [3.05, 3.63) is 46.6 Å². The van der Waals surface area contributed by atoms with Crippen LogP contribution in [0.25, 0.3) is 22.3 Å². The Morgan fingerprint density at radius 2 is 1.61 bits per heavy atom. The summed E-state index contributed by atoms with van der Waals surface area (Å²) in [5, 5.41) is 69.3. The van der Waals surface area contributed by atoms with Crippen LogP contribution in [0.15, 0.2) is 45.6 Å². The van der Waals surface area contributed by atoms with Crippen LogP contribution in [0.1, 0.15) is 6.42 Å². The van der Waals surface area contributed by atoms with E-state index in [4.69, 9.17) is 23.7 Å². The molecule has 5 atom stereocenters. The minimum Gasteiger partial charge on any atom is -0.508 e. The summed E-state index contributed by atoms with van der Waals surface area (Å²) in [4.78, 5) is 34.8. The Hall–Kier alpha value is -4.37. The van der Waals surface area contributed by atoms with Crippen LogP contribution in [-0.4, -0.2) is 85.0 Å². The van der Waals surface area contributed by atoms with Crippen LogP contribution in [0, 0.1) is 0 Å². The summed E-state index contributed by atoms with van der Waals surface area (Å²) in [5.74, 6) is -4.96. The number of carbonyl (C=O) groups is 2. The van der Waals surface area contributed by atoms with Crippen LogP contribution in [0.4, 0.5) is 0 Å². The number of carboxylic acid groups (broad SMARTS) is 1. The molecule has 1 aliphatic rings. The molecule has 3 aromatic rings. The molecule has 202 valence electrons. The second kappa shape index (κ2) is 10.5. The Balaban J connectivity index is 1.63. The van der Waals surface area contributed by atoms with E-state index in [-0.39, 0.29) is 22.5 Å². The lowest BCUT2D eigenvalue weighted by atomic mass is 9.99. The number of fused-ring (bicyclic) bond motifs is 1. The molecule has 1 fully saturated rings. The molecule has 2 aromatic carbocycles. The summed E-state index contributed by atoms with van der Waals surface area (Å²) < 4.78 is 21.2. The van der Waals surface area contributed by atoms with Crippen molar-refractivity contribution in [3.8, 4) is 34.3 Å². The van der Waals surface area contributed by atoms with E-state index < -0.39 is 78.3 Å². The molecule has 0 radical (unpaired) electrons. The molecular weight excluding hydrogens is 512 g/mol. The normalized spacial score (nSPS) is 23.2. The molecule has 0 spiro atoms. The first kappa shape index (κ1) is 26.7. The lowest BCUT2D eigenvalue weighted by molar-refractivity contribution is -0.278. The predicted octanol–water partition coefficient (Wildman–Crippen LogP) is -0.219. The predicted molar refractivity (Wildman–Crippen MR) is 123 cm³/mol. The highest BCUT2D eigenvalue weighted by Crippen LogP contribution is 2.42. The van der Waals surface area contributed by atoms with Gasteiger partial charge in [0.2, 0.25) is 12.0 Å². The highest BCUT2D eigenvalue weighted by atomic mass is 16.7. The van der Waals surface area contributed by atoms with Crippen LogP contribution in [-0.2, 0) is 19.1 Å². The summed E-state index contributed by atoms with van der Waals surface area (Å²) in [7, 11) is 0. The van der Waals surface area contributed by atoms with Crippen molar-refractivity contribution in [1.29, 1.82) is 0 Å². The first-order valence-corrected chi connectivity index (χ1v) is 11.0. The van der Waals surface area contributed by atoms with Crippen LogP contribution < -0.4 is 10.2 Å². The molecule has 2 unspecified atom stereocenters. The first-order valence-electron chi connectivity index (χ1n) is 11.0. The van der Waals surface area contributed by atoms with Gasteiger partial charge in [0.25, 0.3) is 0 Å². The van der Waals surface area contributed by atoms with Crippen LogP contribution >= 0.6 is 0 Å². The number of hydrogen-bond donors (Lipinski definition) is 7. The average molecular weight is 534 g/mol. The molecule has 0 aliphatic carbocycles. The minimum absolute atomic E-state index is 0.0246. The SMILES string of the molecule is O=C(O)CC(=O)OCC1O[C@@H](Oc2cc3oc(-c4ccc(O)cc4)cc(=O)c3c(O)c2O)C(O)[C@@H](O)[C@@H]1O. The van der Waals surface area contributed by atoms with Crippen molar-refractivity contribution in [2.75, 3.05) is 6.61 Å². The smallest absolute Gasteiger partial charge is 0.317 e. The summed E-state index contributed by atoms with van der Waals surface area (Å²) in [6.45, 7) is -0.712. The first-order chi connectivity index (χ1) is 18.0. The summed E-state index contributed by atoms with van der Waals surface area (Å²) >= 11 is 0. The van der Waals surface area contributed by atoms with Gasteiger partial charge in [0.15, 0.2) is 16.9 Å². The van der Waals surface area contributed by atoms with Gasteiger partial charge < -0.3 is 54.4 Å². The molecule has 1 saturated heterocycles. The van der Waals surface area contributed by atoms with Gasteiger partial charge in [-0.05, 0) is 24.3 Å². The van der Waals surface area contributed by atoms with Crippen LogP contribution in [0.2, 0.25) is 0 Å². The molecule has 1 aromatic heterocycles. The number of phenols is 3. The van der Waals surface area contributed by atoms with E-state index in [0.29, 0.717) is 5.56 Å². The monoisotopic (exact) mass is 534 g/mol. The van der Waals surface area contributed by atoms with Crippen LogP contribution in [0.3, 0.4) is 0 Å². The molecule has 7 N–H and O–H groups in total. The average Bonchev–Trinajstić information content (AvgIpc) is 2.86. The van der Waals surface area contributed by atoms with Gasteiger partial charge in [-0.15, -0.1) is 0 Å². The Bertz CT molecular complexity index is 1410. The number of aliphatic carboxylic acids is 1. The summed E-state index contributed by atoms with van der Waals surface area (Å²) in [6.07, 6.45) is -9.80. The van der Waals surface area contributed by atoms with E-state index in [1.165, 1.54) is 24.3 Å². The number of rotatable bonds is 7. The Morgan fingerprint density at radius 1 is 0.921 bits per heavy atom. The van der Waals surface area contributed by atoms with Crippen LogP contribution in [0.5, 0.6) is 23.0 Å². The van der Waals surface area contributed by atoms with Gasteiger partial charge in [0.1, 0.15) is 59.9 Å². The molecule has 0 amide bonds. The largest absolute Gasteiger partial charge is 0.508 e. The number of carbonyl (C=O) groups excluding carboxylic acids is 1. The van der Waals surface area contributed by atoms with Gasteiger partial charge in [-0.2, -0.15) is 0 Å². The lowest BCUT2D eigenvalue weighted by Crippen LogP contribution is -2.60. The molecular formula is C24H22O14. The number of phenolic OH excluding ortho intramolecular Hbond substituents is 3. The molecule has 2 heterocycles. The highest BCUT2D eigenvalue weighted by molar-refractivity contribution is 5.90. The highest BCUT2D eigenvalue weighted by Gasteiger charge is 2.46. The van der Waals surface area contributed by atoms with Gasteiger partial charge in [-0.3, -0.25) is 14.4 Å². The number of aliphatic hydroxyl groups excluding tert-OH is 3. The van der Waals surface area contributed by atoms with Crippen molar-refractivity contribution < 1.29 is 64.0 Å². The number of aromatic hydroxyl groups is 3. The van der Waals surface area contributed by atoms with E-state index in [0.717, 1.165) is 12.1 Å². The van der Waals surface area contributed by atoms with Crippen molar-refractivity contribution in [3.63, 3.8) is 0 Å². The number of aliphatic hydroxyl groups is 3. The maximum atomic E-state index is 12.7. The number of carboxylic acids is 1. The minimum atomic E-state index is -1.90. The fourth-order valence-corrected chi connectivity index (χ4v) is 3.75. The third kappa shape index (κ3) is 5.33. The zero-order valence-electron chi connectivity index (χ0n) is 19.3. The van der Waals surface area contributed by atoms with E-state index in [2.05, 4.69) is 0 Å². The van der Waals surface area contributed by atoms with Gasteiger partial charge in [-0.25, -0.2) is 0 Å². The van der Waals surface area contributed by atoms with E-state index >= 15 is 0 Å². The van der Waals surface area contributed by atoms with Gasteiger partial charge in [-0.1, -0.05) is 0 Å². The second-order valence-electron chi connectivity index (χ2n) is 8.35. The molecule has 1 aliphatic heterocycles. The van der Waals surface area contributed by atoms with Crippen molar-refractivity contribution >= 4 is 22.9 Å². The molecule has 4 rings (SSSR count). The van der Waals surface area contributed by atoms with E-state index in [1.54, 1.807) is 0 Å². The molecule has 0 saturated carbocycles. The van der Waals surface area contributed by atoms with Crippen molar-refractivity contribution in [2.45, 2.75) is 37.1 Å². The number of hydrogen-bond acceptors (Lipinski definition) is 13. The number of ether oxygens (including phenoxy) is 3. The number of benzene rings is 2. The second-order valence-corrected chi connectivity index (χ2v) is 8.35. The summed E-state index contributed by atoms with van der Waals surface area (Å²) in [6, 6.07) is 7.75. The quantitative estimate of drug-likeness (QED) is 0.118. The lowest BCUT2D eigenvalue weighted by Gasteiger charge is -2.39. The van der Waals surface area contributed by atoms with Gasteiger partial charge in [0, 0.05) is 17.7 Å². The molecule has 14 heteroatoms. The zero-order valence-corrected chi connectivity index (χ0v) is 19.3. The van der Waals surface area contributed by atoms with E-state index in [1.807, 2.05) is 0 Å². The molecule has 14 nitrogen and oxygen atoms in total. The molecule has 38 heavy (non-hydrogen) atoms.